The molecule has 4 heterocycles. The molecule has 2 aromatic heterocycles. The van der Waals surface area contributed by atoms with E-state index in [0.29, 0.717) is 32.3 Å². The molecule has 2 amide bonds. The molecule has 34 heavy (non-hydrogen) atoms. The minimum Gasteiger partial charge on any atom is -0.477 e. The molecule has 0 aromatic carbocycles. The van der Waals surface area contributed by atoms with Crippen LogP contribution >= 0.6 is 57.8 Å². The number of nitrogens with two attached hydrogens (primary N) is 2. The number of amides is 2. The van der Waals surface area contributed by atoms with E-state index in [2.05, 4.69) is 25.7 Å². The molecule has 0 aliphatic carbocycles. The summed E-state index contributed by atoms with van der Waals surface area (Å²) in [6, 6.07) is -1.54. The van der Waals surface area contributed by atoms with E-state index < -0.39 is 35.6 Å². The van der Waals surface area contributed by atoms with E-state index in [9.17, 15) is 24.7 Å². The zero-order valence-corrected chi connectivity index (χ0v) is 20.8. The average Bonchev–Trinajstić information content (AvgIpc) is 3.35. The van der Waals surface area contributed by atoms with Crippen molar-refractivity contribution in [3.8, 4) is 0 Å². The first-order chi connectivity index (χ1) is 16.2. The van der Waals surface area contributed by atoms with Gasteiger partial charge in [0.2, 0.25) is 5.13 Å². The third kappa shape index (κ3) is 4.65. The molecule has 2 aromatic rings. The molecule has 7 N–H and O–H groups in total. The number of hydrogen-bond acceptors (Lipinski definition) is 14. The molecule has 2 aliphatic heterocycles. The molecule has 0 bridgehead atoms. The second-order valence-corrected chi connectivity index (χ2v) is 12.1. The zero-order chi connectivity index (χ0) is 24.6. The van der Waals surface area contributed by atoms with E-state index >= 15 is 0 Å². The number of rotatable bonds is 8. The highest BCUT2D eigenvalue weighted by Gasteiger charge is 2.53. The fourth-order valence-corrected chi connectivity index (χ4v) is 7.56. The van der Waals surface area contributed by atoms with Gasteiger partial charge in [0, 0.05) is 4.91 Å². The summed E-state index contributed by atoms with van der Waals surface area (Å²) in [7, 11) is 0. The number of carboxylic acids is 1. The summed E-state index contributed by atoms with van der Waals surface area (Å²) in [6.45, 7) is 0. The number of nitrogen functional groups attached to an aromatic ring is 2. The minimum absolute atomic E-state index is 0.0477. The molecule has 4 rings (SSSR count). The van der Waals surface area contributed by atoms with Crippen molar-refractivity contribution in [1.29, 1.82) is 0 Å². The number of halogens is 1. The monoisotopic (exact) mass is 562 g/mol. The van der Waals surface area contributed by atoms with Gasteiger partial charge in [0.25, 0.3) is 11.8 Å². The van der Waals surface area contributed by atoms with Crippen molar-refractivity contribution in [1.82, 2.24) is 25.4 Å². The molecular weight excluding hydrogens is 548 g/mol. The van der Waals surface area contributed by atoms with Gasteiger partial charge >= 0.3 is 5.97 Å². The molecule has 2 atom stereocenters. The molecule has 0 unspecified atom stereocenters. The summed E-state index contributed by atoms with van der Waals surface area (Å²) in [5.74, 6) is -2.71. The van der Waals surface area contributed by atoms with Crippen LogP contribution in [0.25, 0.3) is 0 Å². The van der Waals surface area contributed by atoms with Gasteiger partial charge in [-0.05, 0) is 12.8 Å². The molecule has 1 saturated heterocycles. The molecule has 180 valence electrons. The highest BCUT2D eigenvalue weighted by molar-refractivity contribution is 8.18. The van der Waals surface area contributed by atoms with Crippen LogP contribution in [0.4, 0.5) is 10.3 Å². The van der Waals surface area contributed by atoms with Crippen LogP contribution in [0.5, 0.6) is 0 Å². The van der Waals surface area contributed by atoms with Crippen LogP contribution in [0.2, 0.25) is 4.34 Å². The summed E-state index contributed by atoms with van der Waals surface area (Å²) < 4.78 is 0.703. The van der Waals surface area contributed by atoms with Gasteiger partial charge < -0.3 is 27.1 Å². The van der Waals surface area contributed by atoms with Crippen molar-refractivity contribution < 1.29 is 24.7 Å². The third-order valence-corrected chi connectivity index (χ3v) is 9.11. The summed E-state index contributed by atoms with van der Waals surface area (Å²) >= 11 is 10.8. The topological polar surface area (TPSA) is 210 Å². The lowest BCUT2D eigenvalue weighted by molar-refractivity contribution is -0.155. The molecule has 0 saturated carbocycles. The van der Waals surface area contributed by atoms with Crippen molar-refractivity contribution in [3.63, 3.8) is 0 Å². The maximum Gasteiger partial charge on any atom is 0.353 e. The van der Waals surface area contributed by atoms with Crippen LogP contribution < -0.4 is 16.8 Å². The number of fused-ring (bicyclic) bond motifs is 1. The number of aliphatic carboxylic acids is 1. The number of nitrogens with one attached hydrogen (secondary N) is 1. The number of β-lactam (4-membered cyclic amide) rings is 1. The molecule has 1 fully saturated rings. The quantitative estimate of drug-likeness (QED) is 0.0768. The van der Waals surface area contributed by atoms with Gasteiger partial charge in [-0.15, -0.1) is 22.0 Å². The SMILES string of the molecule is Nc1nnc(SCSC2=C(C(=O)O)N3C(=O)[C@@H](NC(=O)C(=NO)c4nc(N)sc4Cl)[C@H]3CC2)s1. The van der Waals surface area contributed by atoms with E-state index in [4.69, 9.17) is 23.1 Å². The number of carbonyl (C=O) groups is 3. The van der Waals surface area contributed by atoms with Gasteiger partial charge in [-0.3, -0.25) is 14.5 Å². The highest BCUT2D eigenvalue weighted by atomic mass is 35.5. The lowest BCUT2D eigenvalue weighted by Crippen LogP contribution is -2.72. The molecule has 18 heteroatoms. The second-order valence-electron chi connectivity index (χ2n) is 6.78. The van der Waals surface area contributed by atoms with Gasteiger partial charge in [-0.25, -0.2) is 9.78 Å². The number of anilines is 2. The number of allylic oxidation sites excluding steroid dienone is 1. The number of thioether (sulfide) groups is 2. The van der Waals surface area contributed by atoms with Crippen molar-refractivity contribution >= 4 is 91.6 Å². The average molecular weight is 563 g/mol. The van der Waals surface area contributed by atoms with Crippen LogP contribution in [-0.4, -0.2) is 71.1 Å². The minimum atomic E-state index is -1.24. The first kappa shape index (κ1) is 24.5. The number of carbonyl (C=O) groups excluding carboxylic acids is 2. The number of oxime groups is 1. The van der Waals surface area contributed by atoms with Crippen LogP contribution in [0, 0.1) is 0 Å². The Labute approximate surface area is 212 Å². The highest BCUT2D eigenvalue weighted by Crippen LogP contribution is 2.42. The van der Waals surface area contributed by atoms with Crippen molar-refractivity contribution in [2.24, 2.45) is 5.16 Å². The van der Waals surface area contributed by atoms with Crippen LogP contribution in [0.1, 0.15) is 18.5 Å². The normalized spacial score (nSPS) is 20.2. The first-order valence-corrected chi connectivity index (χ1v) is 13.3. The Hall–Kier alpha value is -2.60. The largest absolute Gasteiger partial charge is 0.477 e. The molecular formula is C16H15ClN8O5S4. The van der Waals surface area contributed by atoms with Gasteiger partial charge in [0.15, 0.2) is 15.2 Å². The van der Waals surface area contributed by atoms with Crippen LogP contribution in [0.15, 0.2) is 20.1 Å². The zero-order valence-electron chi connectivity index (χ0n) is 16.8. The summed E-state index contributed by atoms with van der Waals surface area (Å²) in [5.41, 5.74) is 10.4. The standard InChI is InChI=1S/C16H15ClN8O5S4/c17-10-7(21-14(18)33-10)8(24-30)11(26)20-6-4-1-2-5(9(13(28)29)25(4)12(6)27)31-3-32-16-23-22-15(19)34-16/h4,6,30H,1-3H2,(H2,18,21)(H2,19,22)(H,20,26)(H,28,29)/t4-,6+/m1/s1. The van der Waals surface area contributed by atoms with E-state index in [0.717, 1.165) is 11.3 Å². The van der Waals surface area contributed by atoms with Crippen molar-refractivity contribution in [2.45, 2.75) is 29.3 Å². The van der Waals surface area contributed by atoms with Gasteiger partial charge in [-0.1, -0.05) is 51.2 Å². The maximum absolute atomic E-state index is 12.8. The van der Waals surface area contributed by atoms with E-state index in [1.54, 1.807) is 0 Å². The van der Waals surface area contributed by atoms with Crippen LogP contribution in [0.3, 0.4) is 0 Å². The number of thiazole rings is 1. The number of carboxylic acid groups (broad SMARTS) is 1. The fourth-order valence-electron chi connectivity index (χ4n) is 3.47. The van der Waals surface area contributed by atoms with Crippen molar-refractivity contribution in [3.05, 3.63) is 20.6 Å². The Kier molecular flexibility index (Phi) is 7.17. The predicted molar refractivity (Wildman–Crippen MR) is 129 cm³/mol. The van der Waals surface area contributed by atoms with Gasteiger partial charge in [0.05, 0.1) is 11.1 Å². The molecule has 13 nitrogen and oxygen atoms in total. The number of nitrogens with zero attached hydrogens (tertiary/aromatic N) is 5. The van der Waals surface area contributed by atoms with E-state index in [1.807, 2.05) is 0 Å². The van der Waals surface area contributed by atoms with E-state index in [1.165, 1.54) is 39.8 Å². The van der Waals surface area contributed by atoms with Gasteiger partial charge in [-0.2, -0.15) is 0 Å². The van der Waals surface area contributed by atoms with Crippen LogP contribution in [-0.2, 0) is 14.4 Å². The first-order valence-electron chi connectivity index (χ1n) is 9.30. The van der Waals surface area contributed by atoms with E-state index in [-0.39, 0.29) is 20.9 Å². The Bertz CT molecular complexity index is 1230. The smallest absolute Gasteiger partial charge is 0.353 e. The number of hydrogen-bond donors (Lipinski definition) is 5. The third-order valence-electron chi connectivity index (χ3n) is 4.86. The Balaban J connectivity index is 1.45. The van der Waals surface area contributed by atoms with Gasteiger partial charge in [0.1, 0.15) is 21.8 Å². The predicted octanol–water partition coefficient (Wildman–Crippen LogP) is 1.26. The molecule has 0 radical (unpaired) electrons. The lowest BCUT2D eigenvalue weighted by atomic mass is 9.86. The lowest BCUT2D eigenvalue weighted by Gasteiger charge is -2.50. The molecule has 0 spiro atoms. The molecule has 2 aliphatic rings. The Morgan fingerprint density at radius 3 is 2.62 bits per heavy atom. The summed E-state index contributed by atoms with van der Waals surface area (Å²) in [6.07, 6.45) is 0.837. The maximum atomic E-state index is 12.8. The fraction of sp³-hybridized carbons (Fsp3) is 0.312. The Morgan fingerprint density at radius 2 is 2.03 bits per heavy atom. The number of aromatic nitrogens is 3. The summed E-state index contributed by atoms with van der Waals surface area (Å²) in [4.78, 5) is 43.0. The summed E-state index contributed by atoms with van der Waals surface area (Å²) in [5, 5.41) is 33.0. The second kappa shape index (κ2) is 9.95. The van der Waals surface area contributed by atoms with Crippen molar-refractivity contribution in [2.75, 3.05) is 16.6 Å². The Morgan fingerprint density at radius 1 is 1.26 bits per heavy atom.